The van der Waals surface area contributed by atoms with E-state index in [4.69, 9.17) is 4.74 Å². The molecule has 14 heavy (non-hydrogen) atoms. The number of rotatable bonds is 4. The first kappa shape index (κ1) is 10.4. The van der Waals surface area contributed by atoms with Gasteiger partial charge in [0, 0.05) is 12.6 Å². The van der Waals surface area contributed by atoms with Gasteiger partial charge in [0.15, 0.2) is 0 Å². The summed E-state index contributed by atoms with van der Waals surface area (Å²) in [5, 5.41) is 3.47. The average molecular weight is 197 g/mol. The molecule has 1 saturated heterocycles. The van der Waals surface area contributed by atoms with Crippen molar-refractivity contribution in [3.63, 3.8) is 0 Å². The lowest BCUT2D eigenvalue weighted by Gasteiger charge is -2.36. The fourth-order valence-electron chi connectivity index (χ4n) is 2.66. The molecule has 0 aromatic heterocycles. The third kappa shape index (κ3) is 2.48. The van der Waals surface area contributed by atoms with Crippen LogP contribution in [0.5, 0.6) is 0 Å². The minimum atomic E-state index is 0.543. The van der Waals surface area contributed by atoms with Crippen molar-refractivity contribution in [1.29, 1.82) is 0 Å². The van der Waals surface area contributed by atoms with Crippen molar-refractivity contribution < 1.29 is 4.74 Å². The fraction of sp³-hybridized carbons (Fsp3) is 1.00. The Kier molecular flexibility index (Phi) is 3.82. The molecule has 1 saturated carbocycles. The van der Waals surface area contributed by atoms with Crippen molar-refractivity contribution in [2.75, 3.05) is 13.7 Å². The van der Waals surface area contributed by atoms with E-state index in [1.54, 1.807) is 0 Å². The van der Waals surface area contributed by atoms with Gasteiger partial charge in [-0.3, -0.25) is 0 Å². The first-order valence-corrected chi connectivity index (χ1v) is 6.19. The third-order valence-corrected chi connectivity index (χ3v) is 3.88. The van der Waals surface area contributed by atoms with Crippen molar-refractivity contribution in [3.05, 3.63) is 0 Å². The molecule has 2 unspecified atom stereocenters. The van der Waals surface area contributed by atoms with Gasteiger partial charge in [-0.1, -0.05) is 6.42 Å². The Morgan fingerprint density at radius 3 is 2.57 bits per heavy atom. The lowest BCUT2D eigenvalue weighted by molar-refractivity contribution is -0.00177. The summed E-state index contributed by atoms with van der Waals surface area (Å²) in [6.45, 7) is 0.992. The third-order valence-electron chi connectivity index (χ3n) is 3.88. The van der Waals surface area contributed by atoms with E-state index in [9.17, 15) is 0 Å². The van der Waals surface area contributed by atoms with Crippen LogP contribution in [0, 0.1) is 5.92 Å². The summed E-state index contributed by atoms with van der Waals surface area (Å²) in [6, 6.07) is 0.715. The van der Waals surface area contributed by atoms with Crippen LogP contribution < -0.4 is 5.32 Å². The maximum atomic E-state index is 5.79. The molecule has 0 bridgehead atoms. The van der Waals surface area contributed by atoms with Crippen LogP contribution in [0.25, 0.3) is 0 Å². The van der Waals surface area contributed by atoms with Crippen LogP contribution in [0.3, 0.4) is 0 Å². The van der Waals surface area contributed by atoms with Crippen molar-refractivity contribution in [2.45, 2.75) is 57.1 Å². The molecule has 1 aliphatic heterocycles. The summed E-state index contributed by atoms with van der Waals surface area (Å²) in [4.78, 5) is 0. The van der Waals surface area contributed by atoms with Gasteiger partial charge in [0.05, 0.1) is 6.10 Å². The predicted molar refractivity (Wildman–Crippen MR) is 58.4 cm³/mol. The van der Waals surface area contributed by atoms with Gasteiger partial charge in [-0.05, 0) is 51.5 Å². The van der Waals surface area contributed by atoms with Gasteiger partial charge in [0.25, 0.3) is 0 Å². The summed E-state index contributed by atoms with van der Waals surface area (Å²) in [6.07, 6.45) is 9.99. The lowest BCUT2D eigenvalue weighted by atomic mass is 9.77. The first-order valence-electron chi connectivity index (χ1n) is 6.19. The second-order valence-electron chi connectivity index (χ2n) is 4.81. The quantitative estimate of drug-likeness (QED) is 0.747. The zero-order valence-electron chi connectivity index (χ0n) is 9.30. The van der Waals surface area contributed by atoms with Crippen LogP contribution in [-0.2, 0) is 4.74 Å². The molecule has 0 radical (unpaired) electrons. The number of ether oxygens (including phenoxy) is 1. The largest absolute Gasteiger partial charge is 0.378 e. The molecule has 82 valence electrons. The van der Waals surface area contributed by atoms with Crippen LogP contribution >= 0.6 is 0 Å². The molecule has 2 atom stereocenters. The molecule has 1 aliphatic carbocycles. The average Bonchev–Trinajstić information content (AvgIpc) is 2.15. The van der Waals surface area contributed by atoms with Crippen LogP contribution in [0.4, 0.5) is 0 Å². The van der Waals surface area contributed by atoms with E-state index in [-0.39, 0.29) is 0 Å². The molecule has 2 rings (SSSR count). The maximum absolute atomic E-state index is 5.79. The zero-order chi connectivity index (χ0) is 9.80. The van der Waals surface area contributed by atoms with E-state index in [1.807, 2.05) is 0 Å². The molecular formula is C12H23NO. The molecule has 2 aliphatic rings. The van der Waals surface area contributed by atoms with Crippen molar-refractivity contribution >= 4 is 0 Å². The van der Waals surface area contributed by atoms with Crippen LogP contribution in [-0.4, -0.2) is 25.8 Å². The molecule has 0 amide bonds. The predicted octanol–water partition coefficient (Wildman–Crippen LogP) is 2.33. The Hall–Kier alpha value is -0.0800. The van der Waals surface area contributed by atoms with E-state index in [1.165, 1.54) is 44.9 Å². The van der Waals surface area contributed by atoms with Crippen molar-refractivity contribution in [2.24, 2.45) is 5.92 Å². The second kappa shape index (κ2) is 5.13. The summed E-state index contributed by atoms with van der Waals surface area (Å²) in [5.74, 6) is 0.936. The number of hydrogen-bond acceptors (Lipinski definition) is 2. The van der Waals surface area contributed by atoms with Gasteiger partial charge in [0.2, 0.25) is 0 Å². The van der Waals surface area contributed by atoms with Gasteiger partial charge in [0.1, 0.15) is 0 Å². The minimum absolute atomic E-state index is 0.543. The highest BCUT2D eigenvalue weighted by atomic mass is 16.5. The summed E-state index contributed by atoms with van der Waals surface area (Å²) in [7, 11) is 2.10. The highest BCUT2D eigenvalue weighted by Crippen LogP contribution is 2.32. The normalized spacial score (nSPS) is 31.1. The lowest BCUT2D eigenvalue weighted by Crippen LogP contribution is -2.41. The van der Waals surface area contributed by atoms with Crippen LogP contribution in [0.1, 0.15) is 44.9 Å². The smallest absolute Gasteiger partial charge is 0.0590 e. The van der Waals surface area contributed by atoms with Gasteiger partial charge >= 0.3 is 0 Å². The molecule has 1 heterocycles. The topological polar surface area (TPSA) is 21.3 Å². The van der Waals surface area contributed by atoms with E-state index in [0.29, 0.717) is 12.1 Å². The first-order chi connectivity index (χ1) is 6.90. The number of hydrogen-bond donors (Lipinski definition) is 1. The Labute approximate surface area is 87.4 Å². The van der Waals surface area contributed by atoms with E-state index in [2.05, 4.69) is 12.4 Å². The summed E-state index contributed by atoms with van der Waals surface area (Å²) < 4.78 is 5.79. The molecule has 2 heteroatoms. The van der Waals surface area contributed by atoms with E-state index < -0.39 is 0 Å². The molecular weight excluding hydrogens is 174 g/mol. The fourth-order valence-corrected chi connectivity index (χ4v) is 2.66. The van der Waals surface area contributed by atoms with Crippen LogP contribution in [0.2, 0.25) is 0 Å². The Morgan fingerprint density at radius 1 is 1.21 bits per heavy atom. The molecule has 2 fully saturated rings. The number of nitrogens with one attached hydrogen (secondary N) is 1. The SMILES string of the molecule is CNC(CC1CCCCO1)C1CCC1. The maximum Gasteiger partial charge on any atom is 0.0590 e. The van der Waals surface area contributed by atoms with E-state index in [0.717, 1.165) is 12.5 Å². The zero-order valence-corrected chi connectivity index (χ0v) is 9.30. The summed E-state index contributed by atoms with van der Waals surface area (Å²) in [5.41, 5.74) is 0. The molecule has 0 aromatic rings. The second-order valence-corrected chi connectivity index (χ2v) is 4.81. The van der Waals surface area contributed by atoms with E-state index >= 15 is 0 Å². The van der Waals surface area contributed by atoms with Crippen molar-refractivity contribution in [3.8, 4) is 0 Å². The Balaban J connectivity index is 1.74. The monoisotopic (exact) mass is 197 g/mol. The minimum Gasteiger partial charge on any atom is -0.378 e. The van der Waals surface area contributed by atoms with Gasteiger partial charge in [-0.25, -0.2) is 0 Å². The highest BCUT2D eigenvalue weighted by molar-refractivity contribution is 4.84. The van der Waals surface area contributed by atoms with Crippen molar-refractivity contribution in [1.82, 2.24) is 5.32 Å². The molecule has 0 aromatic carbocycles. The van der Waals surface area contributed by atoms with Gasteiger partial charge in [-0.2, -0.15) is 0 Å². The molecule has 2 nitrogen and oxygen atoms in total. The highest BCUT2D eigenvalue weighted by Gasteiger charge is 2.28. The van der Waals surface area contributed by atoms with Gasteiger partial charge < -0.3 is 10.1 Å². The Bertz CT molecular complexity index is 162. The molecule has 1 N–H and O–H groups in total. The Morgan fingerprint density at radius 2 is 2.07 bits per heavy atom. The van der Waals surface area contributed by atoms with Crippen LogP contribution in [0.15, 0.2) is 0 Å². The summed E-state index contributed by atoms with van der Waals surface area (Å²) >= 11 is 0. The standard InChI is InChI=1S/C12H23NO/c1-13-12(10-5-4-6-10)9-11-7-2-3-8-14-11/h10-13H,2-9H2,1H3. The van der Waals surface area contributed by atoms with Gasteiger partial charge in [-0.15, -0.1) is 0 Å². The molecule has 0 spiro atoms.